The summed E-state index contributed by atoms with van der Waals surface area (Å²) in [6, 6.07) is 0.473. The lowest BCUT2D eigenvalue weighted by Crippen LogP contribution is -2.48. The summed E-state index contributed by atoms with van der Waals surface area (Å²) in [4.78, 5) is 14.5. The van der Waals surface area contributed by atoms with Gasteiger partial charge < -0.3 is 10.6 Å². The van der Waals surface area contributed by atoms with E-state index in [1.165, 1.54) is 0 Å². The molecule has 0 radical (unpaired) electrons. The molecule has 1 saturated carbocycles. The Morgan fingerprint density at radius 1 is 1.29 bits per heavy atom. The van der Waals surface area contributed by atoms with Crippen LogP contribution in [0.25, 0.3) is 0 Å². The van der Waals surface area contributed by atoms with Crippen LogP contribution in [0.1, 0.15) is 47.5 Å². The summed E-state index contributed by atoms with van der Waals surface area (Å²) in [5.74, 6) is 1.44. The molecule has 1 fully saturated rings. The van der Waals surface area contributed by atoms with E-state index in [9.17, 15) is 4.79 Å². The van der Waals surface area contributed by atoms with Gasteiger partial charge >= 0.3 is 0 Å². The Hall–Kier alpha value is -0.570. The average Bonchev–Trinajstić information content (AvgIpc) is 2.23. The third-order valence-electron chi connectivity index (χ3n) is 4.25. The van der Waals surface area contributed by atoms with E-state index in [-0.39, 0.29) is 18.0 Å². The Bertz CT molecular complexity index is 265. The minimum atomic E-state index is 0.128. The monoisotopic (exact) mass is 240 g/mol. The summed E-state index contributed by atoms with van der Waals surface area (Å²) in [5.41, 5.74) is 6.12. The first-order chi connectivity index (χ1) is 7.88. The minimum absolute atomic E-state index is 0.128. The van der Waals surface area contributed by atoms with Gasteiger partial charge in [-0.1, -0.05) is 13.8 Å². The van der Waals surface area contributed by atoms with Crippen molar-refractivity contribution in [3.8, 4) is 0 Å². The van der Waals surface area contributed by atoms with E-state index in [4.69, 9.17) is 5.73 Å². The van der Waals surface area contributed by atoms with Crippen molar-refractivity contribution in [2.75, 3.05) is 6.54 Å². The topological polar surface area (TPSA) is 46.3 Å². The Balaban J connectivity index is 2.74. The molecule has 2 N–H and O–H groups in total. The second-order valence-corrected chi connectivity index (χ2v) is 5.91. The molecule has 3 nitrogen and oxygen atoms in total. The van der Waals surface area contributed by atoms with Crippen LogP contribution in [-0.2, 0) is 4.79 Å². The van der Waals surface area contributed by atoms with E-state index >= 15 is 0 Å². The van der Waals surface area contributed by atoms with Gasteiger partial charge in [-0.3, -0.25) is 4.79 Å². The number of hydrogen-bond donors (Lipinski definition) is 1. The fourth-order valence-electron chi connectivity index (χ4n) is 3.02. The summed E-state index contributed by atoms with van der Waals surface area (Å²) in [5, 5.41) is 0. The highest BCUT2D eigenvalue weighted by Crippen LogP contribution is 2.34. The van der Waals surface area contributed by atoms with Crippen LogP contribution in [0.15, 0.2) is 0 Å². The first-order valence-corrected chi connectivity index (χ1v) is 6.94. The van der Waals surface area contributed by atoms with Crippen LogP contribution in [0.3, 0.4) is 0 Å². The van der Waals surface area contributed by atoms with Gasteiger partial charge in [-0.05, 0) is 45.4 Å². The van der Waals surface area contributed by atoms with E-state index in [2.05, 4.69) is 27.7 Å². The number of amides is 1. The van der Waals surface area contributed by atoms with Gasteiger partial charge in [-0.25, -0.2) is 0 Å². The molecule has 100 valence electrons. The van der Waals surface area contributed by atoms with E-state index in [0.717, 1.165) is 19.4 Å². The van der Waals surface area contributed by atoms with Crippen LogP contribution >= 0.6 is 0 Å². The molecule has 17 heavy (non-hydrogen) atoms. The lowest BCUT2D eigenvalue weighted by molar-refractivity contribution is -0.140. The lowest BCUT2D eigenvalue weighted by Gasteiger charge is -2.39. The number of carbonyl (C=O) groups is 1. The highest BCUT2D eigenvalue weighted by molar-refractivity contribution is 5.79. The second kappa shape index (κ2) is 5.85. The van der Waals surface area contributed by atoms with Crippen molar-refractivity contribution in [1.29, 1.82) is 0 Å². The highest BCUT2D eigenvalue weighted by atomic mass is 16.2. The molecule has 1 aliphatic rings. The maximum atomic E-state index is 12.5. The number of carbonyl (C=O) groups excluding carboxylic acids is 1. The molecule has 1 rings (SSSR count). The zero-order valence-corrected chi connectivity index (χ0v) is 11.9. The van der Waals surface area contributed by atoms with E-state index in [0.29, 0.717) is 17.7 Å². The molecule has 1 aliphatic carbocycles. The summed E-state index contributed by atoms with van der Waals surface area (Å²) in [7, 11) is 0. The maximum absolute atomic E-state index is 12.5. The third-order valence-corrected chi connectivity index (χ3v) is 4.25. The molecule has 4 atom stereocenters. The number of nitrogens with two attached hydrogens (primary N) is 1. The van der Waals surface area contributed by atoms with Crippen molar-refractivity contribution in [3.05, 3.63) is 0 Å². The Morgan fingerprint density at radius 3 is 2.35 bits per heavy atom. The maximum Gasteiger partial charge on any atom is 0.226 e. The van der Waals surface area contributed by atoms with Gasteiger partial charge in [0, 0.05) is 24.5 Å². The Kier molecular flexibility index (Phi) is 4.99. The number of hydrogen-bond acceptors (Lipinski definition) is 2. The molecule has 0 saturated heterocycles. The quantitative estimate of drug-likeness (QED) is 0.822. The van der Waals surface area contributed by atoms with Crippen LogP contribution in [0, 0.1) is 17.8 Å². The van der Waals surface area contributed by atoms with Gasteiger partial charge in [0.1, 0.15) is 0 Å². The van der Waals surface area contributed by atoms with Crippen LogP contribution in [0.2, 0.25) is 0 Å². The molecular formula is C14H28N2O. The van der Waals surface area contributed by atoms with Gasteiger partial charge in [0.05, 0.1) is 0 Å². The van der Waals surface area contributed by atoms with Crippen molar-refractivity contribution in [3.63, 3.8) is 0 Å². The summed E-state index contributed by atoms with van der Waals surface area (Å²) in [6.45, 7) is 11.4. The molecule has 0 bridgehead atoms. The second-order valence-electron chi connectivity index (χ2n) is 5.91. The molecule has 0 aliphatic heterocycles. The van der Waals surface area contributed by atoms with Gasteiger partial charge in [-0.15, -0.1) is 0 Å². The molecule has 0 heterocycles. The first kappa shape index (κ1) is 14.5. The van der Waals surface area contributed by atoms with Crippen molar-refractivity contribution in [2.24, 2.45) is 23.5 Å². The van der Waals surface area contributed by atoms with E-state index < -0.39 is 0 Å². The predicted molar refractivity (Wildman–Crippen MR) is 71.6 cm³/mol. The molecule has 3 heteroatoms. The van der Waals surface area contributed by atoms with Crippen molar-refractivity contribution in [2.45, 2.75) is 59.5 Å². The Labute approximate surface area is 106 Å². The summed E-state index contributed by atoms with van der Waals surface area (Å²) >= 11 is 0. The molecule has 0 aromatic carbocycles. The van der Waals surface area contributed by atoms with Gasteiger partial charge in [-0.2, -0.15) is 0 Å². The first-order valence-electron chi connectivity index (χ1n) is 6.94. The van der Waals surface area contributed by atoms with E-state index in [1.54, 1.807) is 0 Å². The van der Waals surface area contributed by atoms with Gasteiger partial charge in [0.15, 0.2) is 0 Å². The molecule has 0 spiro atoms. The Morgan fingerprint density at radius 2 is 1.88 bits per heavy atom. The molecule has 4 unspecified atom stereocenters. The minimum Gasteiger partial charge on any atom is -0.340 e. The zero-order chi connectivity index (χ0) is 13.2. The molecule has 0 aromatic rings. The van der Waals surface area contributed by atoms with Crippen molar-refractivity contribution >= 4 is 5.91 Å². The summed E-state index contributed by atoms with van der Waals surface area (Å²) in [6.07, 6.45) is 1.93. The van der Waals surface area contributed by atoms with Gasteiger partial charge in [0.25, 0.3) is 0 Å². The molecule has 1 amide bonds. The highest BCUT2D eigenvalue weighted by Gasteiger charge is 2.37. The number of nitrogens with zero attached hydrogens (tertiary/aromatic N) is 1. The van der Waals surface area contributed by atoms with E-state index in [1.807, 2.05) is 11.8 Å². The normalized spacial score (nSPS) is 33.8. The van der Waals surface area contributed by atoms with Crippen molar-refractivity contribution < 1.29 is 4.79 Å². The molecular weight excluding hydrogens is 212 g/mol. The summed E-state index contributed by atoms with van der Waals surface area (Å²) < 4.78 is 0. The van der Waals surface area contributed by atoms with Crippen LogP contribution in [-0.4, -0.2) is 29.4 Å². The number of rotatable bonds is 3. The third kappa shape index (κ3) is 3.21. The lowest BCUT2D eigenvalue weighted by atomic mass is 9.72. The van der Waals surface area contributed by atoms with Crippen LogP contribution in [0.5, 0.6) is 0 Å². The predicted octanol–water partition coefficient (Wildman–Crippen LogP) is 2.25. The SMILES string of the molecule is CCN(C(=O)C1CC(N)C(C)CC1C)C(C)C. The molecule has 0 aromatic heterocycles. The smallest absolute Gasteiger partial charge is 0.226 e. The fraction of sp³-hybridized carbons (Fsp3) is 0.929. The average molecular weight is 240 g/mol. The van der Waals surface area contributed by atoms with Gasteiger partial charge in [0.2, 0.25) is 5.91 Å². The van der Waals surface area contributed by atoms with Crippen molar-refractivity contribution in [1.82, 2.24) is 4.90 Å². The zero-order valence-electron chi connectivity index (χ0n) is 11.9. The standard InChI is InChI=1S/C14H28N2O/c1-6-16(9(2)3)14(17)12-8-13(15)11(5)7-10(12)4/h9-13H,6-8,15H2,1-5H3. The van der Waals surface area contributed by atoms with Crippen LogP contribution in [0.4, 0.5) is 0 Å². The largest absolute Gasteiger partial charge is 0.340 e. The van der Waals surface area contributed by atoms with Crippen LogP contribution < -0.4 is 5.73 Å². The fourth-order valence-corrected chi connectivity index (χ4v) is 3.02.